The van der Waals surface area contributed by atoms with E-state index < -0.39 is 5.69 Å². The molecule has 0 aliphatic heterocycles. The summed E-state index contributed by atoms with van der Waals surface area (Å²) in [7, 11) is 0. The minimum Gasteiger partial charge on any atom is -0.298 e. The predicted molar refractivity (Wildman–Crippen MR) is 88.8 cm³/mol. The van der Waals surface area contributed by atoms with Crippen LogP contribution in [0.3, 0.4) is 0 Å². The number of benzene rings is 1. The number of nitrogens with one attached hydrogen (secondary N) is 1. The number of hydrogen-bond acceptors (Lipinski definition) is 3. The molecule has 0 fully saturated rings. The molecule has 1 aromatic carbocycles. The molecule has 1 aliphatic carbocycles. The molecule has 0 unspecified atom stereocenters. The minimum atomic E-state index is -0.439. The van der Waals surface area contributed by atoms with Crippen LogP contribution in [-0.4, -0.2) is 9.55 Å². The third kappa shape index (κ3) is 2.43. The summed E-state index contributed by atoms with van der Waals surface area (Å²) < 4.78 is 14.5. The molecular weight excluding hydrogens is 315 g/mol. The van der Waals surface area contributed by atoms with Crippen molar-refractivity contribution in [1.82, 2.24) is 9.55 Å². The van der Waals surface area contributed by atoms with Gasteiger partial charge in [0.1, 0.15) is 10.6 Å². The molecule has 1 N–H and O–H groups in total. The first-order valence-electron chi connectivity index (χ1n) is 7.65. The molecule has 6 heteroatoms. The van der Waals surface area contributed by atoms with Crippen LogP contribution in [0.1, 0.15) is 28.8 Å². The van der Waals surface area contributed by atoms with Crippen LogP contribution >= 0.6 is 11.3 Å². The molecule has 1 aliphatic rings. The summed E-state index contributed by atoms with van der Waals surface area (Å²) in [5.74, 6) is -0.374. The number of thiophene rings is 1. The number of fused-ring (bicyclic) bond motifs is 3. The third-order valence-corrected chi connectivity index (χ3v) is 5.53. The van der Waals surface area contributed by atoms with E-state index in [1.54, 1.807) is 12.1 Å². The molecule has 2 heterocycles. The van der Waals surface area contributed by atoms with Gasteiger partial charge in [-0.2, -0.15) is 0 Å². The van der Waals surface area contributed by atoms with Crippen LogP contribution in [0.25, 0.3) is 10.2 Å². The highest BCUT2D eigenvalue weighted by atomic mass is 32.1. The van der Waals surface area contributed by atoms with Crippen molar-refractivity contribution in [2.24, 2.45) is 0 Å². The van der Waals surface area contributed by atoms with E-state index in [4.69, 9.17) is 0 Å². The molecule has 23 heavy (non-hydrogen) atoms. The summed E-state index contributed by atoms with van der Waals surface area (Å²) in [6.45, 7) is 0.0759. The fraction of sp³-hybridized carbons (Fsp3) is 0.294. The van der Waals surface area contributed by atoms with Crippen LogP contribution in [0.4, 0.5) is 4.39 Å². The van der Waals surface area contributed by atoms with E-state index in [-0.39, 0.29) is 17.9 Å². The van der Waals surface area contributed by atoms with Crippen LogP contribution < -0.4 is 11.2 Å². The molecule has 0 bridgehead atoms. The SMILES string of the molecule is O=c1[nH]c2sc3c(c2c(=O)n1Cc1cccc(F)c1)CCCC3. The van der Waals surface area contributed by atoms with Gasteiger partial charge in [0.15, 0.2) is 0 Å². The predicted octanol–water partition coefficient (Wildman–Crippen LogP) is 2.82. The standard InChI is InChI=1S/C17H15FN2O2S/c18-11-5-3-4-10(8-11)9-20-16(21)14-12-6-1-2-7-13(12)23-15(14)19-17(20)22/h3-5,8H,1-2,6-7,9H2,(H,19,22). The molecule has 0 radical (unpaired) electrons. The van der Waals surface area contributed by atoms with E-state index in [0.29, 0.717) is 15.8 Å². The summed E-state index contributed by atoms with van der Waals surface area (Å²) in [6, 6.07) is 5.98. The Morgan fingerprint density at radius 3 is 2.87 bits per heavy atom. The zero-order chi connectivity index (χ0) is 16.0. The van der Waals surface area contributed by atoms with E-state index in [1.807, 2.05) is 0 Å². The number of H-pyrrole nitrogens is 1. The number of hydrogen-bond donors (Lipinski definition) is 1. The van der Waals surface area contributed by atoms with Crippen molar-refractivity contribution in [3.8, 4) is 0 Å². The van der Waals surface area contributed by atoms with Crippen molar-refractivity contribution < 1.29 is 4.39 Å². The first-order valence-corrected chi connectivity index (χ1v) is 8.47. The Bertz CT molecular complexity index is 1020. The average molecular weight is 330 g/mol. The summed E-state index contributed by atoms with van der Waals surface area (Å²) in [4.78, 5) is 29.8. The molecule has 2 aromatic heterocycles. The highest BCUT2D eigenvalue weighted by Crippen LogP contribution is 2.32. The smallest absolute Gasteiger partial charge is 0.298 e. The first kappa shape index (κ1) is 14.4. The summed E-state index contributed by atoms with van der Waals surface area (Å²) in [5, 5.41) is 0.640. The third-order valence-electron chi connectivity index (χ3n) is 4.33. The number of halogens is 1. The van der Waals surface area contributed by atoms with Gasteiger partial charge in [0.25, 0.3) is 5.56 Å². The maximum absolute atomic E-state index is 13.3. The fourth-order valence-electron chi connectivity index (χ4n) is 3.23. The van der Waals surface area contributed by atoms with Gasteiger partial charge in [-0.25, -0.2) is 9.18 Å². The van der Waals surface area contributed by atoms with Crippen LogP contribution in [0, 0.1) is 5.82 Å². The Labute approximate surface area is 135 Å². The Balaban J connectivity index is 1.90. The van der Waals surface area contributed by atoms with Gasteiger partial charge >= 0.3 is 5.69 Å². The van der Waals surface area contributed by atoms with Crippen molar-refractivity contribution in [2.75, 3.05) is 0 Å². The normalized spacial score (nSPS) is 14.1. The maximum Gasteiger partial charge on any atom is 0.329 e. The Morgan fingerprint density at radius 1 is 1.22 bits per heavy atom. The van der Waals surface area contributed by atoms with Crippen molar-refractivity contribution >= 4 is 21.6 Å². The lowest BCUT2D eigenvalue weighted by Gasteiger charge is -2.10. The fourth-order valence-corrected chi connectivity index (χ4v) is 4.50. The molecule has 4 nitrogen and oxygen atoms in total. The molecule has 0 amide bonds. The molecule has 0 saturated carbocycles. The van der Waals surface area contributed by atoms with Crippen LogP contribution in [-0.2, 0) is 19.4 Å². The van der Waals surface area contributed by atoms with Crippen LogP contribution in [0.15, 0.2) is 33.9 Å². The number of nitrogens with zero attached hydrogens (tertiary/aromatic N) is 1. The molecular formula is C17H15FN2O2S. The zero-order valence-electron chi connectivity index (χ0n) is 12.4. The van der Waals surface area contributed by atoms with E-state index >= 15 is 0 Å². The van der Waals surface area contributed by atoms with Gasteiger partial charge < -0.3 is 0 Å². The van der Waals surface area contributed by atoms with Gasteiger partial charge in [-0.1, -0.05) is 12.1 Å². The quantitative estimate of drug-likeness (QED) is 0.785. The Kier molecular flexibility index (Phi) is 3.41. The lowest BCUT2D eigenvalue weighted by Crippen LogP contribution is -2.35. The summed E-state index contributed by atoms with van der Waals surface area (Å²) in [6.07, 6.45) is 4.06. The second-order valence-corrected chi connectivity index (χ2v) is 6.97. The highest BCUT2D eigenvalue weighted by molar-refractivity contribution is 7.18. The molecule has 0 atom stereocenters. The molecule has 0 saturated heterocycles. The lowest BCUT2D eigenvalue weighted by molar-refractivity contribution is 0.621. The number of aryl methyl sites for hydroxylation is 2. The van der Waals surface area contributed by atoms with E-state index in [0.717, 1.165) is 31.2 Å². The van der Waals surface area contributed by atoms with E-state index in [9.17, 15) is 14.0 Å². The van der Waals surface area contributed by atoms with Crippen molar-refractivity contribution in [3.63, 3.8) is 0 Å². The average Bonchev–Trinajstić information content (AvgIpc) is 2.89. The second kappa shape index (κ2) is 5.45. The van der Waals surface area contributed by atoms with Gasteiger partial charge in [-0.3, -0.25) is 14.3 Å². The van der Waals surface area contributed by atoms with E-state index in [1.165, 1.54) is 32.9 Å². The van der Waals surface area contributed by atoms with Crippen LogP contribution in [0.2, 0.25) is 0 Å². The molecule has 3 aromatic rings. The lowest BCUT2D eigenvalue weighted by atomic mass is 9.97. The number of aromatic amines is 1. The van der Waals surface area contributed by atoms with Crippen molar-refractivity contribution in [1.29, 1.82) is 0 Å². The molecule has 4 rings (SSSR count). The number of aromatic nitrogens is 2. The molecule has 118 valence electrons. The number of rotatable bonds is 2. The Hall–Kier alpha value is -2.21. The second-order valence-electron chi connectivity index (χ2n) is 5.87. The van der Waals surface area contributed by atoms with E-state index in [2.05, 4.69) is 4.98 Å². The first-order chi connectivity index (χ1) is 11.1. The largest absolute Gasteiger partial charge is 0.329 e. The van der Waals surface area contributed by atoms with Gasteiger partial charge in [0, 0.05) is 4.88 Å². The van der Waals surface area contributed by atoms with Gasteiger partial charge in [0.2, 0.25) is 0 Å². The zero-order valence-corrected chi connectivity index (χ0v) is 13.2. The van der Waals surface area contributed by atoms with Crippen LogP contribution in [0.5, 0.6) is 0 Å². The van der Waals surface area contributed by atoms with Crippen molar-refractivity contribution in [3.05, 3.63) is 66.9 Å². The maximum atomic E-state index is 13.3. The van der Waals surface area contributed by atoms with Gasteiger partial charge in [-0.05, 0) is 48.9 Å². The molecule has 0 spiro atoms. The topological polar surface area (TPSA) is 54.9 Å². The Morgan fingerprint density at radius 2 is 2.04 bits per heavy atom. The van der Waals surface area contributed by atoms with Crippen molar-refractivity contribution in [2.45, 2.75) is 32.2 Å². The van der Waals surface area contributed by atoms with Gasteiger partial charge in [-0.15, -0.1) is 11.3 Å². The monoisotopic (exact) mass is 330 g/mol. The minimum absolute atomic E-state index is 0.0759. The summed E-state index contributed by atoms with van der Waals surface area (Å²) in [5.41, 5.74) is 0.976. The van der Waals surface area contributed by atoms with Gasteiger partial charge in [0.05, 0.1) is 11.9 Å². The highest BCUT2D eigenvalue weighted by Gasteiger charge is 2.20. The summed E-state index contributed by atoms with van der Waals surface area (Å²) >= 11 is 1.52.